The van der Waals surface area contributed by atoms with Gasteiger partial charge in [-0.2, -0.15) is 0 Å². The molecule has 0 amide bonds. The van der Waals surface area contributed by atoms with Crippen LogP contribution >= 0.6 is 0 Å². The molecule has 3 aromatic rings. The monoisotopic (exact) mass is 272 g/mol. The number of furan rings is 1. The predicted octanol–water partition coefficient (Wildman–Crippen LogP) is 2.89. The molecule has 4 heteroatoms. The normalized spacial score (nSPS) is 11.4. The van der Waals surface area contributed by atoms with Crippen molar-refractivity contribution in [1.82, 2.24) is 0 Å². The number of aliphatic hydroxyl groups is 2. The molecule has 0 bridgehead atoms. The maximum atomic E-state index is 9.80. The largest absolute Gasteiger partial charge is 0.492 e. The molecule has 0 aliphatic heterocycles. The number of aliphatic hydroxyl groups excluding tert-OH is 2. The van der Waals surface area contributed by atoms with Crippen LogP contribution in [0.2, 0.25) is 0 Å². The van der Waals surface area contributed by atoms with Gasteiger partial charge in [-0.25, -0.2) is 0 Å². The highest BCUT2D eigenvalue weighted by Crippen LogP contribution is 2.41. The third kappa shape index (κ3) is 1.62. The minimum absolute atomic E-state index is 0.117. The van der Waals surface area contributed by atoms with Gasteiger partial charge in [0.25, 0.3) is 0 Å². The fraction of sp³-hybridized carbons (Fsp3) is 0.250. The van der Waals surface area contributed by atoms with Gasteiger partial charge < -0.3 is 19.4 Å². The van der Waals surface area contributed by atoms with Crippen LogP contribution < -0.4 is 4.74 Å². The van der Waals surface area contributed by atoms with E-state index in [0.29, 0.717) is 16.9 Å². The highest BCUT2D eigenvalue weighted by atomic mass is 16.5. The number of hydrogen-bond acceptors (Lipinski definition) is 4. The fourth-order valence-electron chi connectivity index (χ4n) is 2.87. The highest BCUT2D eigenvalue weighted by Gasteiger charge is 2.20. The molecule has 0 saturated carbocycles. The maximum Gasteiger partial charge on any atom is 0.177 e. The van der Waals surface area contributed by atoms with Gasteiger partial charge in [0.1, 0.15) is 0 Å². The molecule has 1 heterocycles. The average Bonchev–Trinajstić information content (AvgIpc) is 2.89. The first-order valence-electron chi connectivity index (χ1n) is 6.42. The quantitative estimate of drug-likeness (QED) is 0.769. The molecular formula is C16H16O4. The molecular weight excluding hydrogens is 256 g/mol. The molecule has 0 aliphatic rings. The molecule has 20 heavy (non-hydrogen) atoms. The van der Waals surface area contributed by atoms with E-state index in [1.165, 1.54) is 6.26 Å². The van der Waals surface area contributed by atoms with E-state index in [9.17, 15) is 10.2 Å². The molecule has 4 nitrogen and oxygen atoms in total. The summed E-state index contributed by atoms with van der Waals surface area (Å²) in [4.78, 5) is 0. The summed E-state index contributed by atoms with van der Waals surface area (Å²) in [6, 6.07) is 5.88. The van der Waals surface area contributed by atoms with Crippen molar-refractivity contribution in [3.8, 4) is 5.75 Å². The molecule has 0 radical (unpaired) electrons. The number of benzene rings is 2. The van der Waals surface area contributed by atoms with Crippen molar-refractivity contribution in [3.63, 3.8) is 0 Å². The summed E-state index contributed by atoms with van der Waals surface area (Å²) in [5.41, 5.74) is 3.05. The average molecular weight is 272 g/mol. The zero-order valence-corrected chi connectivity index (χ0v) is 11.4. The minimum atomic E-state index is -0.138. The summed E-state index contributed by atoms with van der Waals surface area (Å²) in [6.07, 6.45) is 1.51. The first kappa shape index (κ1) is 13.0. The summed E-state index contributed by atoms with van der Waals surface area (Å²) >= 11 is 0. The Bertz CT molecular complexity index is 786. The van der Waals surface area contributed by atoms with Gasteiger partial charge >= 0.3 is 0 Å². The van der Waals surface area contributed by atoms with Gasteiger partial charge in [0.15, 0.2) is 11.3 Å². The zero-order valence-electron chi connectivity index (χ0n) is 11.4. The molecule has 0 aliphatic carbocycles. The summed E-state index contributed by atoms with van der Waals surface area (Å²) in [5.74, 6) is 0.635. The smallest absolute Gasteiger partial charge is 0.177 e. The first-order chi connectivity index (χ1) is 9.72. The van der Waals surface area contributed by atoms with Crippen molar-refractivity contribution < 1.29 is 19.4 Å². The molecule has 0 saturated heterocycles. The van der Waals surface area contributed by atoms with Crippen molar-refractivity contribution in [3.05, 3.63) is 41.2 Å². The lowest BCUT2D eigenvalue weighted by Gasteiger charge is -2.13. The van der Waals surface area contributed by atoms with E-state index < -0.39 is 0 Å². The van der Waals surface area contributed by atoms with Crippen molar-refractivity contribution >= 4 is 21.7 Å². The number of ether oxygens (including phenoxy) is 1. The number of rotatable bonds is 3. The van der Waals surface area contributed by atoms with Gasteiger partial charge in [0.2, 0.25) is 0 Å². The van der Waals surface area contributed by atoms with Crippen LogP contribution in [0.3, 0.4) is 0 Å². The second kappa shape index (κ2) is 4.81. The van der Waals surface area contributed by atoms with E-state index in [2.05, 4.69) is 0 Å². The molecule has 2 aromatic carbocycles. The topological polar surface area (TPSA) is 62.8 Å². The van der Waals surface area contributed by atoms with E-state index in [1.807, 2.05) is 25.1 Å². The lowest BCUT2D eigenvalue weighted by Crippen LogP contribution is -1.96. The Labute approximate surface area is 116 Å². The first-order valence-corrected chi connectivity index (χ1v) is 6.42. The number of hydrogen-bond donors (Lipinski definition) is 2. The molecule has 2 N–H and O–H groups in total. The van der Waals surface area contributed by atoms with Crippen LogP contribution in [0.15, 0.2) is 28.9 Å². The van der Waals surface area contributed by atoms with Gasteiger partial charge in [-0.3, -0.25) is 0 Å². The summed E-state index contributed by atoms with van der Waals surface area (Å²) < 4.78 is 11.1. The Morgan fingerprint density at radius 2 is 1.95 bits per heavy atom. The lowest BCUT2D eigenvalue weighted by molar-refractivity contribution is 0.279. The third-order valence-corrected chi connectivity index (χ3v) is 3.73. The van der Waals surface area contributed by atoms with Gasteiger partial charge in [-0.15, -0.1) is 0 Å². The Morgan fingerprint density at radius 3 is 2.60 bits per heavy atom. The van der Waals surface area contributed by atoms with Gasteiger partial charge in [-0.05, 0) is 23.4 Å². The maximum absolute atomic E-state index is 9.80. The number of aryl methyl sites for hydroxylation is 1. The molecule has 1 aromatic heterocycles. The van der Waals surface area contributed by atoms with Crippen LogP contribution in [0.4, 0.5) is 0 Å². The highest BCUT2D eigenvalue weighted by molar-refractivity contribution is 6.08. The molecule has 0 spiro atoms. The third-order valence-electron chi connectivity index (χ3n) is 3.73. The van der Waals surface area contributed by atoms with E-state index in [-0.39, 0.29) is 13.2 Å². The second-order valence-corrected chi connectivity index (χ2v) is 4.79. The van der Waals surface area contributed by atoms with Crippen LogP contribution in [0, 0.1) is 6.92 Å². The van der Waals surface area contributed by atoms with Crippen LogP contribution in [-0.4, -0.2) is 17.3 Å². The summed E-state index contributed by atoms with van der Waals surface area (Å²) in [5, 5.41) is 21.9. The summed E-state index contributed by atoms with van der Waals surface area (Å²) in [6.45, 7) is 1.74. The van der Waals surface area contributed by atoms with Crippen molar-refractivity contribution in [2.75, 3.05) is 7.11 Å². The Hall–Kier alpha value is -2.04. The van der Waals surface area contributed by atoms with Gasteiger partial charge in [0.05, 0.1) is 26.6 Å². The minimum Gasteiger partial charge on any atom is -0.492 e. The molecule has 0 fully saturated rings. The van der Waals surface area contributed by atoms with Gasteiger partial charge in [0, 0.05) is 16.3 Å². The van der Waals surface area contributed by atoms with E-state index in [4.69, 9.17) is 9.15 Å². The number of methoxy groups -OCH3 is 1. The summed E-state index contributed by atoms with van der Waals surface area (Å²) in [7, 11) is 1.59. The SMILES string of the molecule is COc1c2cccc(C)c2c(CO)c2c(CO)coc12. The fourth-order valence-corrected chi connectivity index (χ4v) is 2.87. The van der Waals surface area contributed by atoms with E-state index >= 15 is 0 Å². The molecule has 0 atom stereocenters. The van der Waals surface area contributed by atoms with Crippen molar-refractivity contribution in [2.24, 2.45) is 0 Å². The van der Waals surface area contributed by atoms with Crippen LogP contribution in [0.1, 0.15) is 16.7 Å². The Balaban J connectivity index is 2.63. The van der Waals surface area contributed by atoms with Crippen molar-refractivity contribution in [1.29, 1.82) is 0 Å². The lowest BCUT2D eigenvalue weighted by atomic mass is 9.95. The van der Waals surface area contributed by atoms with E-state index in [0.717, 1.165) is 27.3 Å². The second-order valence-electron chi connectivity index (χ2n) is 4.79. The molecule has 104 valence electrons. The standard InChI is InChI=1S/C16H16O4/c1-9-4-3-5-11-13(9)12(7-18)14-10(6-17)8-20-16(14)15(11)19-2/h3-5,8,17-18H,6-7H2,1-2H3. The molecule has 3 rings (SSSR count). The van der Waals surface area contributed by atoms with E-state index in [1.54, 1.807) is 7.11 Å². The molecule has 0 unspecified atom stereocenters. The van der Waals surface area contributed by atoms with Crippen LogP contribution in [0.25, 0.3) is 21.7 Å². The Kier molecular flexibility index (Phi) is 3.12. The zero-order chi connectivity index (χ0) is 14.3. The Morgan fingerprint density at radius 1 is 1.15 bits per heavy atom. The van der Waals surface area contributed by atoms with Gasteiger partial charge in [-0.1, -0.05) is 18.2 Å². The van der Waals surface area contributed by atoms with Crippen LogP contribution in [-0.2, 0) is 13.2 Å². The van der Waals surface area contributed by atoms with Crippen molar-refractivity contribution in [2.45, 2.75) is 20.1 Å². The number of fused-ring (bicyclic) bond motifs is 2. The predicted molar refractivity (Wildman–Crippen MR) is 76.9 cm³/mol. The van der Waals surface area contributed by atoms with Crippen LogP contribution in [0.5, 0.6) is 5.75 Å².